The maximum Gasteiger partial charge on any atom is 0.276 e. The molecule has 0 atom stereocenters. The van der Waals surface area contributed by atoms with Crippen LogP contribution in [0.4, 0.5) is 0 Å². The number of amides is 2. The van der Waals surface area contributed by atoms with Gasteiger partial charge in [0.05, 0.1) is 12.2 Å². The van der Waals surface area contributed by atoms with Gasteiger partial charge in [0, 0.05) is 0 Å². The molecular formula is C19H19N3O5. The quantitative estimate of drug-likeness (QED) is 0.684. The third-order valence-corrected chi connectivity index (χ3v) is 3.22. The molecule has 140 valence electrons. The molecule has 0 unspecified atom stereocenters. The van der Waals surface area contributed by atoms with E-state index in [1.165, 1.54) is 0 Å². The van der Waals surface area contributed by atoms with E-state index in [0.717, 1.165) is 0 Å². The van der Waals surface area contributed by atoms with Gasteiger partial charge in [0.25, 0.3) is 11.8 Å². The zero-order valence-corrected chi connectivity index (χ0v) is 14.7. The van der Waals surface area contributed by atoms with E-state index in [2.05, 4.69) is 10.9 Å². The zero-order chi connectivity index (χ0) is 19.5. The fourth-order valence-electron chi connectivity index (χ4n) is 2.03. The number of hydrogen-bond donors (Lipinski definition) is 2. The summed E-state index contributed by atoms with van der Waals surface area (Å²) in [4.78, 5) is 23.5. The highest BCUT2D eigenvalue weighted by atomic mass is 16.5. The Hall–Kier alpha value is -3.73. The number of ether oxygens (including phenoxy) is 3. The van der Waals surface area contributed by atoms with E-state index in [0.29, 0.717) is 23.7 Å². The van der Waals surface area contributed by atoms with Crippen molar-refractivity contribution < 1.29 is 23.8 Å². The largest absolute Gasteiger partial charge is 0.490 e. The van der Waals surface area contributed by atoms with E-state index in [-0.39, 0.29) is 19.0 Å². The van der Waals surface area contributed by atoms with Crippen molar-refractivity contribution in [2.75, 3.05) is 19.8 Å². The van der Waals surface area contributed by atoms with Crippen LogP contribution in [0.15, 0.2) is 48.5 Å². The molecule has 0 aliphatic rings. The maximum absolute atomic E-state index is 11.8. The molecule has 2 aromatic carbocycles. The summed E-state index contributed by atoms with van der Waals surface area (Å²) in [5.41, 5.74) is 4.74. The van der Waals surface area contributed by atoms with Crippen LogP contribution in [0.1, 0.15) is 12.5 Å². The monoisotopic (exact) mass is 369 g/mol. The smallest absolute Gasteiger partial charge is 0.276 e. The first-order valence-electron chi connectivity index (χ1n) is 8.18. The van der Waals surface area contributed by atoms with Crippen molar-refractivity contribution in [3.05, 3.63) is 54.1 Å². The summed E-state index contributed by atoms with van der Waals surface area (Å²) in [5.74, 6) is 0.119. The SMILES string of the molecule is CCOc1ccccc1OCC(=O)NNC(=O)COc1ccccc1C#N. The first kappa shape index (κ1) is 19.6. The van der Waals surface area contributed by atoms with Crippen LogP contribution in [0.25, 0.3) is 0 Å². The third kappa shape index (κ3) is 6.25. The number of para-hydroxylation sites is 3. The number of nitriles is 1. The molecule has 2 amide bonds. The number of carbonyl (C=O) groups excluding carboxylic acids is 2. The van der Waals surface area contributed by atoms with Crippen LogP contribution < -0.4 is 25.1 Å². The van der Waals surface area contributed by atoms with Crippen molar-refractivity contribution in [3.8, 4) is 23.3 Å². The molecular weight excluding hydrogens is 350 g/mol. The molecule has 0 saturated heterocycles. The highest BCUT2D eigenvalue weighted by molar-refractivity contribution is 5.83. The lowest BCUT2D eigenvalue weighted by Crippen LogP contribution is -2.45. The average molecular weight is 369 g/mol. The van der Waals surface area contributed by atoms with Crippen molar-refractivity contribution in [2.24, 2.45) is 0 Å². The summed E-state index contributed by atoms with van der Waals surface area (Å²) in [7, 11) is 0. The normalized spacial score (nSPS) is 9.63. The predicted molar refractivity (Wildman–Crippen MR) is 96.0 cm³/mol. The second kappa shape index (κ2) is 10.3. The van der Waals surface area contributed by atoms with E-state index in [9.17, 15) is 9.59 Å². The van der Waals surface area contributed by atoms with Crippen LogP contribution in [0.3, 0.4) is 0 Å². The molecule has 8 nitrogen and oxygen atoms in total. The standard InChI is InChI=1S/C19H19N3O5/c1-2-25-16-9-5-6-10-17(16)27-13-19(24)22-21-18(23)12-26-15-8-4-3-7-14(15)11-20/h3-10H,2,12-13H2,1H3,(H,21,23)(H,22,24). The van der Waals surface area contributed by atoms with Crippen LogP contribution in [0.5, 0.6) is 17.2 Å². The van der Waals surface area contributed by atoms with Crippen molar-refractivity contribution in [1.29, 1.82) is 5.26 Å². The van der Waals surface area contributed by atoms with E-state index in [4.69, 9.17) is 19.5 Å². The van der Waals surface area contributed by atoms with Gasteiger partial charge in [-0.1, -0.05) is 24.3 Å². The second-order valence-corrected chi connectivity index (χ2v) is 5.16. The van der Waals surface area contributed by atoms with Gasteiger partial charge in [0.2, 0.25) is 0 Å². The Morgan fingerprint density at radius 1 is 0.852 bits per heavy atom. The van der Waals surface area contributed by atoms with E-state index < -0.39 is 11.8 Å². The molecule has 0 radical (unpaired) electrons. The molecule has 0 aliphatic heterocycles. The van der Waals surface area contributed by atoms with Crippen LogP contribution >= 0.6 is 0 Å². The van der Waals surface area contributed by atoms with Gasteiger partial charge >= 0.3 is 0 Å². The molecule has 0 heterocycles. The Labute approximate surface area is 156 Å². The second-order valence-electron chi connectivity index (χ2n) is 5.16. The number of nitrogens with one attached hydrogen (secondary N) is 2. The number of rotatable bonds is 8. The summed E-state index contributed by atoms with van der Waals surface area (Å²) in [6, 6.07) is 15.5. The van der Waals surface area contributed by atoms with E-state index >= 15 is 0 Å². The van der Waals surface area contributed by atoms with Gasteiger partial charge in [-0.3, -0.25) is 20.4 Å². The Morgan fingerprint density at radius 2 is 1.33 bits per heavy atom. The van der Waals surface area contributed by atoms with Crippen molar-refractivity contribution in [1.82, 2.24) is 10.9 Å². The van der Waals surface area contributed by atoms with Gasteiger partial charge < -0.3 is 14.2 Å². The number of hydrogen-bond acceptors (Lipinski definition) is 6. The summed E-state index contributed by atoms with van der Waals surface area (Å²) in [6.07, 6.45) is 0. The molecule has 0 fully saturated rings. The molecule has 2 rings (SSSR count). The van der Waals surface area contributed by atoms with Gasteiger partial charge in [0.1, 0.15) is 11.8 Å². The van der Waals surface area contributed by atoms with E-state index in [1.807, 2.05) is 13.0 Å². The lowest BCUT2D eigenvalue weighted by molar-refractivity contribution is -0.131. The number of benzene rings is 2. The summed E-state index contributed by atoms with van der Waals surface area (Å²) < 4.78 is 16.0. The van der Waals surface area contributed by atoms with E-state index in [1.54, 1.807) is 48.5 Å². The predicted octanol–water partition coefficient (Wildman–Crippen LogP) is 1.56. The van der Waals surface area contributed by atoms with Gasteiger partial charge in [-0.15, -0.1) is 0 Å². The number of nitrogens with zero attached hydrogens (tertiary/aromatic N) is 1. The molecule has 27 heavy (non-hydrogen) atoms. The molecule has 0 aromatic heterocycles. The summed E-state index contributed by atoms with van der Waals surface area (Å²) in [6.45, 7) is 1.66. The highest BCUT2D eigenvalue weighted by Gasteiger charge is 2.10. The van der Waals surface area contributed by atoms with Crippen LogP contribution in [0, 0.1) is 11.3 Å². The molecule has 0 bridgehead atoms. The van der Waals surface area contributed by atoms with Crippen LogP contribution in [-0.2, 0) is 9.59 Å². The highest BCUT2D eigenvalue weighted by Crippen LogP contribution is 2.26. The number of hydrazine groups is 1. The van der Waals surface area contributed by atoms with Crippen molar-refractivity contribution in [3.63, 3.8) is 0 Å². The zero-order valence-electron chi connectivity index (χ0n) is 14.7. The molecule has 2 aromatic rings. The maximum atomic E-state index is 11.8. The first-order valence-corrected chi connectivity index (χ1v) is 8.18. The minimum Gasteiger partial charge on any atom is -0.490 e. The lowest BCUT2D eigenvalue weighted by Gasteiger charge is -2.12. The van der Waals surface area contributed by atoms with Crippen molar-refractivity contribution in [2.45, 2.75) is 6.92 Å². The summed E-state index contributed by atoms with van der Waals surface area (Å²) in [5, 5.41) is 8.96. The Bertz CT molecular complexity index is 832. The molecule has 8 heteroatoms. The molecule has 0 spiro atoms. The van der Waals surface area contributed by atoms with Crippen molar-refractivity contribution >= 4 is 11.8 Å². The Kier molecular flexibility index (Phi) is 7.48. The van der Waals surface area contributed by atoms with Gasteiger partial charge in [-0.05, 0) is 31.2 Å². The summed E-state index contributed by atoms with van der Waals surface area (Å²) >= 11 is 0. The topological polar surface area (TPSA) is 110 Å². The van der Waals surface area contributed by atoms with Crippen LogP contribution in [-0.4, -0.2) is 31.6 Å². The average Bonchev–Trinajstić information content (AvgIpc) is 2.70. The fraction of sp³-hybridized carbons (Fsp3) is 0.211. The Morgan fingerprint density at radius 3 is 1.89 bits per heavy atom. The van der Waals surface area contributed by atoms with Gasteiger partial charge in [0.15, 0.2) is 24.7 Å². The lowest BCUT2D eigenvalue weighted by atomic mass is 10.2. The third-order valence-electron chi connectivity index (χ3n) is 3.22. The fourth-order valence-corrected chi connectivity index (χ4v) is 2.03. The minimum absolute atomic E-state index is 0.289. The van der Waals surface area contributed by atoms with Gasteiger partial charge in [-0.2, -0.15) is 5.26 Å². The van der Waals surface area contributed by atoms with Gasteiger partial charge in [-0.25, -0.2) is 0 Å². The molecule has 0 aliphatic carbocycles. The Balaban J connectivity index is 1.74. The number of carbonyl (C=O) groups is 2. The first-order chi connectivity index (χ1) is 13.1. The molecule has 2 N–H and O–H groups in total. The minimum atomic E-state index is -0.578. The van der Waals surface area contributed by atoms with Crippen LogP contribution in [0.2, 0.25) is 0 Å². The molecule has 0 saturated carbocycles.